The van der Waals surface area contributed by atoms with Crippen LogP contribution in [0.5, 0.6) is 0 Å². The first kappa shape index (κ1) is 19.9. The van der Waals surface area contributed by atoms with Crippen LogP contribution in [0.2, 0.25) is 0 Å². The summed E-state index contributed by atoms with van der Waals surface area (Å²) >= 11 is 0. The number of halogens is 3. The summed E-state index contributed by atoms with van der Waals surface area (Å²) in [4.78, 5) is 41.6. The highest BCUT2D eigenvalue weighted by Crippen LogP contribution is 2.44. The number of alkyl halides is 3. The number of benzene rings is 1. The van der Waals surface area contributed by atoms with Gasteiger partial charge in [-0.15, -0.1) is 0 Å². The molecule has 3 atom stereocenters. The zero-order valence-corrected chi connectivity index (χ0v) is 16.2. The number of piperidine rings is 1. The molecule has 0 radical (unpaired) electrons. The fourth-order valence-electron chi connectivity index (χ4n) is 5.17. The molecule has 2 saturated heterocycles. The van der Waals surface area contributed by atoms with E-state index >= 15 is 0 Å². The summed E-state index contributed by atoms with van der Waals surface area (Å²) in [5, 5.41) is 0. The summed E-state index contributed by atoms with van der Waals surface area (Å²) in [6.07, 6.45) is -2.20. The summed E-state index contributed by atoms with van der Waals surface area (Å²) in [6.45, 7) is 2.39. The Morgan fingerprint density at radius 3 is 2.55 bits per heavy atom. The van der Waals surface area contributed by atoms with Gasteiger partial charge in [-0.25, -0.2) is 0 Å². The first-order valence-electron chi connectivity index (χ1n) is 9.97. The Hall–Kier alpha value is -2.38. The van der Waals surface area contributed by atoms with Gasteiger partial charge < -0.3 is 4.90 Å². The molecule has 1 saturated carbocycles. The van der Waals surface area contributed by atoms with E-state index in [1.165, 1.54) is 12.1 Å². The van der Waals surface area contributed by atoms with Crippen molar-refractivity contribution < 1.29 is 27.6 Å². The number of rotatable bonds is 4. The molecule has 156 valence electrons. The number of hydrogen-bond acceptors (Lipinski definition) is 3. The second-order valence-corrected chi connectivity index (χ2v) is 8.34. The maximum absolute atomic E-state index is 13.3. The third-order valence-electron chi connectivity index (χ3n) is 6.65. The van der Waals surface area contributed by atoms with Gasteiger partial charge in [0.2, 0.25) is 17.7 Å². The van der Waals surface area contributed by atoms with E-state index in [0.29, 0.717) is 12.5 Å². The van der Waals surface area contributed by atoms with Crippen molar-refractivity contribution in [2.45, 2.75) is 56.7 Å². The summed E-state index contributed by atoms with van der Waals surface area (Å²) in [7, 11) is 0. The Morgan fingerprint density at radius 1 is 1.24 bits per heavy atom. The normalized spacial score (nSPS) is 29.2. The molecule has 3 aliphatic rings. The predicted octanol–water partition coefficient (Wildman–Crippen LogP) is 3.12. The summed E-state index contributed by atoms with van der Waals surface area (Å²) in [5.74, 6) is -0.831. The topological polar surface area (TPSA) is 57.7 Å². The van der Waals surface area contributed by atoms with Crippen molar-refractivity contribution in [2.24, 2.45) is 5.92 Å². The van der Waals surface area contributed by atoms with E-state index in [2.05, 4.69) is 0 Å². The highest BCUT2D eigenvalue weighted by atomic mass is 19.4. The van der Waals surface area contributed by atoms with Gasteiger partial charge in [0.25, 0.3) is 0 Å². The molecular weight excluding hydrogens is 385 g/mol. The number of fused-ring (bicyclic) bond motifs is 2. The Balaban J connectivity index is 1.72. The fourth-order valence-corrected chi connectivity index (χ4v) is 5.17. The van der Waals surface area contributed by atoms with Crippen LogP contribution in [-0.4, -0.2) is 46.7 Å². The molecule has 0 spiro atoms. The quantitative estimate of drug-likeness (QED) is 0.720. The van der Waals surface area contributed by atoms with Gasteiger partial charge in [-0.05, 0) is 43.7 Å². The molecule has 1 aromatic rings. The fraction of sp³-hybridized carbons (Fsp3) is 0.571. The smallest absolute Gasteiger partial charge is 0.339 e. The highest BCUT2D eigenvalue weighted by Gasteiger charge is 2.55. The molecule has 0 N–H and O–H groups in total. The van der Waals surface area contributed by atoms with E-state index in [-0.39, 0.29) is 36.9 Å². The van der Waals surface area contributed by atoms with Crippen LogP contribution >= 0.6 is 0 Å². The van der Waals surface area contributed by atoms with Crippen LogP contribution in [0.1, 0.15) is 50.2 Å². The molecule has 4 rings (SSSR count). The van der Waals surface area contributed by atoms with Crippen molar-refractivity contribution >= 4 is 17.7 Å². The molecule has 2 bridgehead atoms. The zero-order valence-electron chi connectivity index (χ0n) is 16.2. The van der Waals surface area contributed by atoms with Gasteiger partial charge in [0, 0.05) is 32.0 Å². The van der Waals surface area contributed by atoms with Crippen LogP contribution < -0.4 is 0 Å². The van der Waals surface area contributed by atoms with Crippen molar-refractivity contribution in [3.8, 4) is 0 Å². The van der Waals surface area contributed by atoms with Crippen LogP contribution in [0.25, 0.3) is 0 Å². The summed E-state index contributed by atoms with van der Waals surface area (Å²) in [5.41, 5.74) is -2.38. The minimum Gasteiger partial charge on any atom is -0.339 e. The summed E-state index contributed by atoms with van der Waals surface area (Å²) < 4.78 is 39.8. The predicted molar refractivity (Wildman–Crippen MR) is 97.6 cm³/mol. The van der Waals surface area contributed by atoms with E-state index in [1.807, 2.05) is 0 Å². The van der Waals surface area contributed by atoms with Crippen LogP contribution in [0.3, 0.4) is 0 Å². The third kappa shape index (κ3) is 3.22. The molecule has 0 unspecified atom stereocenters. The average Bonchev–Trinajstić information content (AvgIpc) is 3.36. The second-order valence-electron chi connectivity index (χ2n) is 8.34. The van der Waals surface area contributed by atoms with E-state index in [0.717, 1.165) is 36.3 Å². The first-order chi connectivity index (χ1) is 13.7. The maximum Gasteiger partial charge on any atom is 0.416 e. The van der Waals surface area contributed by atoms with E-state index in [9.17, 15) is 27.6 Å². The third-order valence-corrected chi connectivity index (χ3v) is 6.65. The number of likely N-dealkylation sites (N-methyl/N-ethyl adjacent to an activating group) is 1. The van der Waals surface area contributed by atoms with Gasteiger partial charge >= 0.3 is 6.18 Å². The molecule has 8 heteroatoms. The molecule has 3 amide bonds. The number of hydrogen-bond donors (Lipinski definition) is 0. The van der Waals surface area contributed by atoms with Crippen molar-refractivity contribution in [2.75, 3.05) is 13.1 Å². The van der Waals surface area contributed by atoms with Crippen molar-refractivity contribution in [3.63, 3.8) is 0 Å². The molecule has 1 aromatic carbocycles. The minimum absolute atomic E-state index is 0.0827. The van der Waals surface area contributed by atoms with Crippen molar-refractivity contribution in [1.29, 1.82) is 0 Å². The Labute approximate surface area is 166 Å². The van der Waals surface area contributed by atoms with Crippen LogP contribution in [0, 0.1) is 5.92 Å². The number of carbonyl (C=O) groups excluding carboxylic acids is 3. The molecular formula is C21H23F3N2O3. The molecule has 2 aliphatic heterocycles. The Bertz CT molecular complexity index is 869. The van der Waals surface area contributed by atoms with Crippen LogP contribution in [-0.2, 0) is 26.0 Å². The van der Waals surface area contributed by atoms with Crippen molar-refractivity contribution in [3.05, 3.63) is 35.4 Å². The second kappa shape index (κ2) is 6.85. The first-order valence-corrected chi connectivity index (χ1v) is 9.97. The standard InChI is InChI=1S/C21H23F3N2O3/c1-2-25-17(27)10-20(19(25)29,14-4-3-5-15(9-14)21(22,23)24)11-18(28)26-12-13-6-7-16(26)8-13/h3-5,9,13,16H,2,6-8,10-12H2,1H3/t13-,16-,20+/m0/s1. The van der Waals surface area contributed by atoms with Gasteiger partial charge in [-0.1, -0.05) is 18.2 Å². The number of nitrogens with zero attached hydrogens (tertiary/aromatic N) is 2. The van der Waals surface area contributed by atoms with E-state index in [4.69, 9.17) is 0 Å². The van der Waals surface area contributed by atoms with Crippen molar-refractivity contribution in [1.82, 2.24) is 9.80 Å². The number of likely N-dealkylation sites (tertiary alicyclic amines) is 2. The highest BCUT2D eigenvalue weighted by molar-refractivity contribution is 6.10. The molecule has 5 nitrogen and oxygen atoms in total. The SMILES string of the molecule is CCN1C(=O)C[C@@](CC(=O)N2C[C@H]3CC[C@H]2C3)(c2cccc(C(F)(F)F)c2)C1=O. The molecule has 0 aromatic heterocycles. The van der Waals surface area contributed by atoms with Crippen LogP contribution in [0.15, 0.2) is 24.3 Å². The van der Waals surface area contributed by atoms with Crippen LogP contribution in [0.4, 0.5) is 13.2 Å². The van der Waals surface area contributed by atoms with Gasteiger partial charge in [0.05, 0.1) is 11.0 Å². The zero-order chi connectivity index (χ0) is 21.0. The Kier molecular flexibility index (Phi) is 4.70. The number of imide groups is 1. The monoisotopic (exact) mass is 408 g/mol. The molecule has 29 heavy (non-hydrogen) atoms. The molecule has 3 fully saturated rings. The maximum atomic E-state index is 13.3. The minimum atomic E-state index is -4.58. The van der Waals surface area contributed by atoms with E-state index < -0.39 is 29.0 Å². The van der Waals surface area contributed by atoms with E-state index in [1.54, 1.807) is 11.8 Å². The number of amides is 3. The van der Waals surface area contributed by atoms with Gasteiger partial charge in [-0.3, -0.25) is 19.3 Å². The molecule has 2 heterocycles. The number of carbonyl (C=O) groups is 3. The lowest BCUT2D eigenvalue weighted by molar-refractivity contribution is -0.143. The lowest BCUT2D eigenvalue weighted by atomic mass is 9.75. The lowest BCUT2D eigenvalue weighted by Crippen LogP contribution is -2.45. The lowest BCUT2D eigenvalue weighted by Gasteiger charge is -2.32. The Morgan fingerprint density at radius 2 is 2.00 bits per heavy atom. The largest absolute Gasteiger partial charge is 0.416 e. The van der Waals surface area contributed by atoms with Gasteiger partial charge in [-0.2, -0.15) is 13.2 Å². The summed E-state index contributed by atoms with van der Waals surface area (Å²) in [6, 6.07) is 4.63. The van der Waals surface area contributed by atoms with Gasteiger partial charge in [0.15, 0.2) is 0 Å². The average molecular weight is 408 g/mol. The molecule has 1 aliphatic carbocycles. The van der Waals surface area contributed by atoms with Gasteiger partial charge in [0.1, 0.15) is 0 Å².